The van der Waals surface area contributed by atoms with E-state index in [0.717, 1.165) is 28.2 Å². The fraction of sp³-hybridized carbons (Fsp3) is 0.0909. The van der Waals surface area contributed by atoms with Crippen molar-refractivity contribution in [3.05, 3.63) is 95.6 Å². The molecule has 4 rings (SSSR count). The highest BCUT2D eigenvalue weighted by molar-refractivity contribution is 6.27. The van der Waals surface area contributed by atoms with E-state index in [2.05, 4.69) is 5.32 Å². The third-order valence-electron chi connectivity index (χ3n) is 4.54. The molecular weight excluding hydrogens is 326 g/mol. The summed E-state index contributed by atoms with van der Waals surface area (Å²) in [5, 5.41) is 3.27. The van der Waals surface area contributed by atoms with Crippen LogP contribution in [0.25, 0.3) is 0 Å². The predicted molar refractivity (Wildman–Crippen MR) is 98.2 cm³/mol. The molecule has 0 bridgehead atoms. The quantitative estimate of drug-likeness (QED) is 0.562. The van der Waals surface area contributed by atoms with E-state index in [4.69, 9.17) is 4.74 Å². The first kappa shape index (κ1) is 16.2. The molecule has 0 fully saturated rings. The molecule has 4 heteroatoms. The average Bonchev–Trinajstić information content (AvgIpc) is 3.09. The van der Waals surface area contributed by atoms with E-state index >= 15 is 0 Å². The van der Waals surface area contributed by atoms with Crippen LogP contribution in [0.1, 0.15) is 28.8 Å². The molecule has 26 heavy (non-hydrogen) atoms. The number of ketones is 1. The van der Waals surface area contributed by atoms with Gasteiger partial charge in [-0.15, -0.1) is 0 Å². The Hall–Kier alpha value is -3.24. The van der Waals surface area contributed by atoms with Crippen LogP contribution < -0.4 is 10.1 Å². The molecule has 0 saturated heterocycles. The standard InChI is InChI=1S/C22H17NO3/c24-14-20(25)22-19-9-5-4-8-18(19)21(23-22)15-10-12-17(13-11-15)26-16-6-2-1-3-7-16/h1-14,21-23H. The third-order valence-corrected chi connectivity index (χ3v) is 4.54. The molecule has 0 aliphatic carbocycles. The van der Waals surface area contributed by atoms with Gasteiger partial charge in [-0.3, -0.25) is 14.9 Å². The molecule has 0 amide bonds. The van der Waals surface area contributed by atoms with Crippen LogP contribution in [0.15, 0.2) is 78.9 Å². The van der Waals surface area contributed by atoms with E-state index in [0.29, 0.717) is 6.29 Å². The maximum Gasteiger partial charge on any atom is 0.216 e. The van der Waals surface area contributed by atoms with Gasteiger partial charge in [0.2, 0.25) is 5.78 Å². The molecule has 0 aromatic heterocycles. The van der Waals surface area contributed by atoms with Crippen LogP contribution in [-0.4, -0.2) is 12.1 Å². The molecule has 2 atom stereocenters. The largest absolute Gasteiger partial charge is 0.457 e. The Kier molecular flexibility index (Phi) is 4.33. The summed E-state index contributed by atoms with van der Waals surface area (Å²) in [6.45, 7) is 0. The van der Waals surface area contributed by atoms with Crippen LogP contribution in [0.4, 0.5) is 0 Å². The first-order chi connectivity index (χ1) is 12.8. The van der Waals surface area contributed by atoms with E-state index in [-0.39, 0.29) is 6.04 Å². The Morgan fingerprint density at radius 1 is 0.808 bits per heavy atom. The topological polar surface area (TPSA) is 55.4 Å². The Morgan fingerprint density at radius 2 is 1.42 bits per heavy atom. The minimum atomic E-state index is -0.589. The lowest BCUT2D eigenvalue weighted by Crippen LogP contribution is -2.26. The number of para-hydroxylation sites is 1. The van der Waals surface area contributed by atoms with E-state index in [1.165, 1.54) is 0 Å². The average molecular weight is 343 g/mol. The highest BCUT2D eigenvalue weighted by Gasteiger charge is 2.34. The van der Waals surface area contributed by atoms with Gasteiger partial charge in [0.25, 0.3) is 0 Å². The lowest BCUT2D eigenvalue weighted by molar-refractivity contribution is -0.131. The molecular formula is C22H17NO3. The lowest BCUT2D eigenvalue weighted by Gasteiger charge is -2.14. The van der Waals surface area contributed by atoms with Gasteiger partial charge in [-0.05, 0) is 41.0 Å². The molecule has 2 unspecified atom stereocenters. The summed E-state index contributed by atoms with van der Waals surface area (Å²) < 4.78 is 5.82. The van der Waals surface area contributed by atoms with Crippen molar-refractivity contribution >= 4 is 12.1 Å². The molecule has 128 valence electrons. The summed E-state index contributed by atoms with van der Waals surface area (Å²) >= 11 is 0. The zero-order valence-corrected chi connectivity index (χ0v) is 14.0. The van der Waals surface area contributed by atoms with Crippen LogP contribution in [0.3, 0.4) is 0 Å². The van der Waals surface area contributed by atoms with Crippen molar-refractivity contribution in [2.75, 3.05) is 0 Å². The Morgan fingerprint density at radius 3 is 2.12 bits per heavy atom. The number of carbonyl (C=O) groups is 2. The van der Waals surface area contributed by atoms with Gasteiger partial charge in [0.15, 0.2) is 6.29 Å². The fourth-order valence-electron chi connectivity index (χ4n) is 3.32. The van der Waals surface area contributed by atoms with Crippen molar-refractivity contribution < 1.29 is 14.3 Å². The second kappa shape index (κ2) is 6.94. The summed E-state index contributed by atoms with van der Waals surface area (Å²) in [6, 6.07) is 24.3. The molecule has 3 aromatic rings. The van der Waals surface area contributed by atoms with Crippen molar-refractivity contribution in [2.45, 2.75) is 12.1 Å². The van der Waals surface area contributed by atoms with Crippen LogP contribution in [-0.2, 0) is 9.59 Å². The van der Waals surface area contributed by atoms with Gasteiger partial charge in [0, 0.05) is 0 Å². The van der Waals surface area contributed by atoms with E-state index < -0.39 is 11.8 Å². The number of ether oxygens (including phenoxy) is 1. The number of Topliss-reactive ketones (excluding diaryl/α,β-unsaturated/α-hetero) is 1. The van der Waals surface area contributed by atoms with Crippen molar-refractivity contribution in [2.24, 2.45) is 0 Å². The van der Waals surface area contributed by atoms with Crippen LogP contribution in [0.2, 0.25) is 0 Å². The Labute approximate surface area is 151 Å². The van der Waals surface area contributed by atoms with Crippen LogP contribution in [0, 0.1) is 0 Å². The van der Waals surface area contributed by atoms with E-state index in [1.54, 1.807) is 0 Å². The number of aldehydes is 1. The second-order valence-corrected chi connectivity index (χ2v) is 6.17. The number of nitrogens with one attached hydrogen (secondary N) is 1. The number of carbonyl (C=O) groups excluding carboxylic acids is 2. The highest BCUT2D eigenvalue weighted by atomic mass is 16.5. The predicted octanol–water partition coefficient (Wildman–Crippen LogP) is 3.98. The number of fused-ring (bicyclic) bond motifs is 1. The number of hydrogen-bond acceptors (Lipinski definition) is 4. The Bertz CT molecular complexity index is 935. The molecule has 3 aromatic carbocycles. The summed E-state index contributed by atoms with van der Waals surface area (Å²) in [5.74, 6) is 1.07. The van der Waals surface area contributed by atoms with Gasteiger partial charge in [-0.2, -0.15) is 0 Å². The first-order valence-corrected chi connectivity index (χ1v) is 8.43. The molecule has 1 heterocycles. The van der Waals surface area contributed by atoms with E-state index in [9.17, 15) is 9.59 Å². The van der Waals surface area contributed by atoms with Gasteiger partial charge < -0.3 is 4.74 Å². The third kappa shape index (κ3) is 3.03. The number of hydrogen-bond donors (Lipinski definition) is 1. The zero-order valence-electron chi connectivity index (χ0n) is 14.0. The number of rotatable bonds is 5. The van der Waals surface area contributed by atoms with Gasteiger partial charge >= 0.3 is 0 Å². The van der Waals surface area contributed by atoms with Crippen molar-refractivity contribution in [1.29, 1.82) is 0 Å². The lowest BCUT2D eigenvalue weighted by atomic mass is 9.96. The maximum absolute atomic E-state index is 12.0. The summed E-state index contributed by atoms with van der Waals surface area (Å²) in [5.41, 5.74) is 2.89. The summed E-state index contributed by atoms with van der Waals surface area (Å²) in [7, 11) is 0. The second-order valence-electron chi connectivity index (χ2n) is 6.17. The molecule has 4 nitrogen and oxygen atoms in total. The Balaban J connectivity index is 1.60. The summed E-state index contributed by atoms with van der Waals surface area (Å²) in [4.78, 5) is 22.9. The van der Waals surface area contributed by atoms with Crippen molar-refractivity contribution in [3.8, 4) is 11.5 Å². The number of benzene rings is 3. The minimum Gasteiger partial charge on any atom is -0.457 e. The van der Waals surface area contributed by atoms with Crippen molar-refractivity contribution in [3.63, 3.8) is 0 Å². The van der Waals surface area contributed by atoms with E-state index in [1.807, 2.05) is 78.9 Å². The van der Waals surface area contributed by atoms with Crippen LogP contribution >= 0.6 is 0 Å². The normalized spacial score (nSPS) is 18.2. The monoisotopic (exact) mass is 343 g/mol. The zero-order chi connectivity index (χ0) is 17.9. The molecule has 0 spiro atoms. The van der Waals surface area contributed by atoms with Gasteiger partial charge in [0.1, 0.15) is 17.5 Å². The fourth-order valence-corrected chi connectivity index (χ4v) is 3.32. The first-order valence-electron chi connectivity index (χ1n) is 8.43. The molecule has 1 aliphatic heterocycles. The highest BCUT2D eigenvalue weighted by Crippen LogP contribution is 2.37. The van der Waals surface area contributed by atoms with Gasteiger partial charge in [0.05, 0.1) is 6.04 Å². The minimum absolute atomic E-state index is 0.133. The molecule has 0 saturated carbocycles. The van der Waals surface area contributed by atoms with Crippen molar-refractivity contribution in [1.82, 2.24) is 5.32 Å². The molecule has 0 radical (unpaired) electrons. The molecule has 1 aliphatic rings. The smallest absolute Gasteiger partial charge is 0.216 e. The van der Waals surface area contributed by atoms with Gasteiger partial charge in [-0.1, -0.05) is 54.6 Å². The SMILES string of the molecule is O=CC(=O)C1NC(c2ccc(Oc3ccccc3)cc2)c2ccccc21. The maximum atomic E-state index is 12.0. The summed E-state index contributed by atoms with van der Waals surface area (Å²) in [6.07, 6.45) is 0.383. The van der Waals surface area contributed by atoms with Crippen LogP contribution in [0.5, 0.6) is 11.5 Å². The molecule has 1 N–H and O–H groups in total. The van der Waals surface area contributed by atoms with Gasteiger partial charge in [-0.25, -0.2) is 0 Å².